The summed E-state index contributed by atoms with van der Waals surface area (Å²) in [6.45, 7) is 1.19. The summed E-state index contributed by atoms with van der Waals surface area (Å²) in [6, 6.07) is 0.469. The maximum absolute atomic E-state index is 11.4. The Morgan fingerprint density at radius 2 is 2.00 bits per heavy atom. The van der Waals surface area contributed by atoms with Crippen molar-refractivity contribution in [3.05, 3.63) is 0 Å². The first-order valence-corrected chi connectivity index (χ1v) is 6.78. The Hall–Kier alpha value is -0.610. The third-order valence-electron chi connectivity index (χ3n) is 3.74. The second-order valence-electron chi connectivity index (χ2n) is 5.27. The molecule has 0 spiro atoms. The standard InChI is InChI=1S/C13H27N3O/c1-16(2)12(10-15-13(17)8-9-14)11-6-4-3-5-7-11/h11-12H,3-10,14H2,1-2H3,(H,15,17). The summed E-state index contributed by atoms with van der Waals surface area (Å²) in [5.41, 5.74) is 5.37. The fourth-order valence-corrected chi connectivity index (χ4v) is 2.73. The Morgan fingerprint density at radius 1 is 1.35 bits per heavy atom. The second-order valence-corrected chi connectivity index (χ2v) is 5.27. The first-order chi connectivity index (χ1) is 8.15. The van der Waals surface area contributed by atoms with Crippen LogP contribution >= 0.6 is 0 Å². The molecule has 3 N–H and O–H groups in total. The van der Waals surface area contributed by atoms with Crippen molar-refractivity contribution in [1.82, 2.24) is 10.2 Å². The maximum Gasteiger partial charge on any atom is 0.221 e. The summed E-state index contributed by atoms with van der Waals surface area (Å²) in [4.78, 5) is 13.7. The number of hydrogen-bond acceptors (Lipinski definition) is 3. The lowest BCUT2D eigenvalue weighted by Gasteiger charge is -2.35. The van der Waals surface area contributed by atoms with E-state index < -0.39 is 0 Å². The SMILES string of the molecule is CN(C)C(CNC(=O)CCN)C1CCCCC1. The van der Waals surface area contributed by atoms with E-state index in [9.17, 15) is 4.79 Å². The van der Waals surface area contributed by atoms with E-state index in [1.54, 1.807) is 0 Å². The number of likely N-dealkylation sites (N-methyl/N-ethyl adjacent to an activating group) is 1. The van der Waals surface area contributed by atoms with Crippen LogP contribution in [0.4, 0.5) is 0 Å². The van der Waals surface area contributed by atoms with E-state index in [1.165, 1.54) is 32.1 Å². The predicted octanol–water partition coefficient (Wildman–Crippen LogP) is 0.962. The normalized spacial score (nSPS) is 19.3. The van der Waals surface area contributed by atoms with Gasteiger partial charge in [0.25, 0.3) is 0 Å². The number of carbonyl (C=O) groups is 1. The molecule has 100 valence electrons. The van der Waals surface area contributed by atoms with Crippen LogP contribution in [-0.2, 0) is 4.79 Å². The highest BCUT2D eigenvalue weighted by molar-refractivity contribution is 5.76. The van der Waals surface area contributed by atoms with E-state index >= 15 is 0 Å². The molecule has 1 saturated carbocycles. The average Bonchev–Trinajstić information content (AvgIpc) is 2.30. The van der Waals surface area contributed by atoms with Gasteiger partial charge in [0.1, 0.15) is 0 Å². The molecule has 1 aliphatic carbocycles. The summed E-state index contributed by atoms with van der Waals surface area (Å²) in [7, 11) is 4.21. The fraction of sp³-hybridized carbons (Fsp3) is 0.923. The first kappa shape index (κ1) is 14.5. The minimum Gasteiger partial charge on any atom is -0.354 e. The molecule has 0 aromatic rings. The lowest BCUT2D eigenvalue weighted by molar-refractivity contribution is -0.121. The van der Waals surface area contributed by atoms with Gasteiger partial charge in [0, 0.05) is 25.6 Å². The highest BCUT2D eigenvalue weighted by atomic mass is 16.1. The Labute approximate surface area is 105 Å². The molecule has 0 bridgehead atoms. The lowest BCUT2D eigenvalue weighted by atomic mass is 9.83. The molecule has 4 heteroatoms. The van der Waals surface area contributed by atoms with Crippen LogP contribution in [0.3, 0.4) is 0 Å². The van der Waals surface area contributed by atoms with E-state index in [0.29, 0.717) is 19.0 Å². The highest BCUT2D eigenvalue weighted by Gasteiger charge is 2.25. The van der Waals surface area contributed by atoms with Gasteiger partial charge in [-0.1, -0.05) is 19.3 Å². The van der Waals surface area contributed by atoms with Gasteiger partial charge in [0.05, 0.1) is 0 Å². The Kier molecular flexibility index (Phi) is 6.52. The zero-order chi connectivity index (χ0) is 12.7. The summed E-state index contributed by atoms with van der Waals surface area (Å²) in [6.07, 6.45) is 7.09. The van der Waals surface area contributed by atoms with Crippen molar-refractivity contribution < 1.29 is 4.79 Å². The van der Waals surface area contributed by atoms with Crippen LogP contribution in [0.15, 0.2) is 0 Å². The molecule has 1 amide bonds. The number of nitrogens with one attached hydrogen (secondary N) is 1. The molecule has 0 aromatic carbocycles. The summed E-state index contributed by atoms with van der Waals surface area (Å²) in [5.74, 6) is 0.812. The summed E-state index contributed by atoms with van der Waals surface area (Å²) in [5, 5.41) is 3.00. The molecule has 1 rings (SSSR count). The second kappa shape index (κ2) is 7.67. The Balaban J connectivity index is 2.39. The van der Waals surface area contributed by atoms with E-state index in [4.69, 9.17) is 5.73 Å². The molecular weight excluding hydrogens is 214 g/mol. The van der Waals surface area contributed by atoms with Crippen molar-refractivity contribution in [3.8, 4) is 0 Å². The first-order valence-electron chi connectivity index (χ1n) is 6.78. The fourth-order valence-electron chi connectivity index (χ4n) is 2.73. The van der Waals surface area contributed by atoms with E-state index in [-0.39, 0.29) is 5.91 Å². The van der Waals surface area contributed by atoms with Gasteiger partial charge < -0.3 is 16.0 Å². The number of nitrogens with zero attached hydrogens (tertiary/aromatic N) is 1. The Morgan fingerprint density at radius 3 is 2.53 bits per heavy atom. The van der Waals surface area contributed by atoms with Crippen LogP contribution in [-0.4, -0.2) is 44.0 Å². The summed E-state index contributed by atoms with van der Waals surface area (Å²) >= 11 is 0. The molecule has 1 aliphatic rings. The minimum absolute atomic E-state index is 0.0789. The Bertz CT molecular complexity index is 225. The monoisotopic (exact) mass is 241 g/mol. The topological polar surface area (TPSA) is 58.4 Å². The summed E-state index contributed by atoms with van der Waals surface area (Å²) < 4.78 is 0. The largest absolute Gasteiger partial charge is 0.354 e. The zero-order valence-corrected chi connectivity index (χ0v) is 11.2. The van der Waals surface area contributed by atoms with Gasteiger partial charge in [-0.3, -0.25) is 4.79 Å². The molecule has 0 aliphatic heterocycles. The van der Waals surface area contributed by atoms with E-state index in [0.717, 1.165) is 12.5 Å². The smallest absolute Gasteiger partial charge is 0.221 e. The zero-order valence-electron chi connectivity index (χ0n) is 11.2. The number of nitrogens with two attached hydrogens (primary N) is 1. The van der Waals surface area contributed by atoms with Crippen molar-refractivity contribution in [2.45, 2.75) is 44.6 Å². The number of carbonyl (C=O) groups excluding carboxylic acids is 1. The molecule has 0 radical (unpaired) electrons. The molecule has 1 unspecified atom stereocenters. The molecule has 4 nitrogen and oxygen atoms in total. The number of hydrogen-bond donors (Lipinski definition) is 2. The third kappa shape index (κ3) is 5.04. The lowest BCUT2D eigenvalue weighted by Crippen LogP contribution is -2.45. The van der Waals surface area contributed by atoms with Gasteiger partial charge in [-0.25, -0.2) is 0 Å². The average molecular weight is 241 g/mol. The molecular formula is C13H27N3O. The molecule has 1 atom stereocenters. The van der Waals surface area contributed by atoms with E-state index in [2.05, 4.69) is 24.3 Å². The quantitative estimate of drug-likeness (QED) is 0.728. The minimum atomic E-state index is 0.0789. The van der Waals surface area contributed by atoms with Crippen LogP contribution in [0.2, 0.25) is 0 Å². The van der Waals surface area contributed by atoms with Gasteiger partial charge in [-0.05, 0) is 32.9 Å². The number of rotatable bonds is 6. The molecule has 0 heterocycles. The van der Waals surface area contributed by atoms with Gasteiger partial charge in [0.2, 0.25) is 5.91 Å². The van der Waals surface area contributed by atoms with Crippen LogP contribution in [0.5, 0.6) is 0 Å². The van der Waals surface area contributed by atoms with Crippen LogP contribution in [0.1, 0.15) is 38.5 Å². The highest BCUT2D eigenvalue weighted by Crippen LogP contribution is 2.27. The number of amides is 1. The maximum atomic E-state index is 11.4. The van der Waals surface area contributed by atoms with Crippen molar-refractivity contribution in [1.29, 1.82) is 0 Å². The van der Waals surface area contributed by atoms with Gasteiger partial charge in [-0.15, -0.1) is 0 Å². The van der Waals surface area contributed by atoms with Crippen LogP contribution in [0.25, 0.3) is 0 Å². The van der Waals surface area contributed by atoms with Gasteiger partial charge in [-0.2, -0.15) is 0 Å². The van der Waals surface area contributed by atoms with Gasteiger partial charge >= 0.3 is 0 Å². The van der Waals surface area contributed by atoms with Crippen LogP contribution < -0.4 is 11.1 Å². The molecule has 17 heavy (non-hydrogen) atoms. The molecule has 1 fully saturated rings. The predicted molar refractivity (Wildman–Crippen MR) is 70.7 cm³/mol. The molecule has 0 saturated heterocycles. The van der Waals surface area contributed by atoms with E-state index in [1.807, 2.05) is 0 Å². The molecule has 0 aromatic heterocycles. The van der Waals surface area contributed by atoms with Crippen molar-refractivity contribution in [2.75, 3.05) is 27.2 Å². The van der Waals surface area contributed by atoms with Crippen molar-refractivity contribution in [2.24, 2.45) is 11.7 Å². The van der Waals surface area contributed by atoms with Crippen molar-refractivity contribution >= 4 is 5.91 Å². The van der Waals surface area contributed by atoms with Gasteiger partial charge in [0.15, 0.2) is 0 Å². The van der Waals surface area contributed by atoms with Crippen LogP contribution in [0, 0.1) is 5.92 Å². The van der Waals surface area contributed by atoms with Crippen molar-refractivity contribution in [3.63, 3.8) is 0 Å². The third-order valence-corrected chi connectivity index (χ3v) is 3.74.